The van der Waals surface area contributed by atoms with Crippen molar-refractivity contribution in [2.24, 2.45) is 5.73 Å². The fourth-order valence-corrected chi connectivity index (χ4v) is 1.87. The number of rotatable bonds is 3. The monoisotopic (exact) mass is 168 g/mol. The predicted molar refractivity (Wildman–Crippen MR) is 43.4 cm³/mol. The molecule has 2 rings (SSSR count). The molecule has 0 bridgehead atoms. The van der Waals surface area contributed by atoms with Crippen LogP contribution in [0.2, 0.25) is 0 Å². The van der Waals surface area contributed by atoms with Gasteiger partial charge in [-0.1, -0.05) is 12.2 Å². The van der Waals surface area contributed by atoms with E-state index in [1.165, 1.54) is 0 Å². The van der Waals surface area contributed by atoms with E-state index >= 15 is 0 Å². The Labute approximate surface area is 71.0 Å². The molecule has 4 atom stereocenters. The molecule has 2 N–H and O–H groups in total. The molecule has 1 aliphatic heterocycles. The van der Waals surface area contributed by atoms with E-state index in [1.807, 2.05) is 11.0 Å². The van der Waals surface area contributed by atoms with E-state index in [4.69, 9.17) is 10.5 Å². The highest BCUT2D eigenvalue weighted by molar-refractivity contribution is 5.76. The van der Waals surface area contributed by atoms with Gasteiger partial charge in [-0.25, -0.2) is 0 Å². The number of nitrogens with two attached hydrogens (primary N) is 1. The Balaban J connectivity index is 1.93. The Kier molecular flexibility index (Phi) is 1.66. The van der Waals surface area contributed by atoms with Gasteiger partial charge in [0.1, 0.15) is 0 Å². The minimum atomic E-state index is -0.271. The number of methoxy groups -OCH3 is 1. The zero-order valence-corrected chi connectivity index (χ0v) is 6.93. The predicted octanol–water partition coefficient (Wildman–Crippen LogP) is -0.891. The quantitative estimate of drug-likeness (QED) is 0.439. The van der Waals surface area contributed by atoms with Crippen molar-refractivity contribution in [2.45, 2.75) is 18.2 Å². The Morgan fingerprint density at radius 1 is 1.67 bits per heavy atom. The molecule has 4 nitrogen and oxygen atoms in total. The molecule has 0 aromatic heterocycles. The highest BCUT2D eigenvalue weighted by Crippen LogP contribution is 2.38. The van der Waals surface area contributed by atoms with E-state index in [9.17, 15) is 4.79 Å². The van der Waals surface area contributed by atoms with Crippen molar-refractivity contribution < 1.29 is 9.53 Å². The number of ether oxygens (including phenoxy) is 1. The van der Waals surface area contributed by atoms with Crippen LogP contribution >= 0.6 is 0 Å². The number of amides is 1. The van der Waals surface area contributed by atoms with Gasteiger partial charge >= 0.3 is 0 Å². The van der Waals surface area contributed by atoms with Gasteiger partial charge in [-0.3, -0.25) is 9.69 Å². The van der Waals surface area contributed by atoms with Crippen LogP contribution in [-0.2, 0) is 9.53 Å². The minimum absolute atomic E-state index is 0.148. The number of nitrogens with zero attached hydrogens (tertiary/aromatic N) is 1. The third-order valence-corrected chi connectivity index (χ3v) is 2.47. The van der Waals surface area contributed by atoms with Crippen LogP contribution in [0.3, 0.4) is 0 Å². The van der Waals surface area contributed by atoms with Crippen molar-refractivity contribution in [1.82, 2.24) is 4.90 Å². The van der Waals surface area contributed by atoms with Crippen molar-refractivity contribution in [1.29, 1.82) is 0 Å². The molecule has 0 aromatic carbocycles. The summed E-state index contributed by atoms with van der Waals surface area (Å²) in [5.41, 5.74) is 5.08. The Morgan fingerprint density at radius 2 is 2.42 bits per heavy atom. The lowest BCUT2D eigenvalue weighted by Gasteiger charge is -2.08. The van der Waals surface area contributed by atoms with Crippen molar-refractivity contribution >= 4 is 5.91 Å². The second-order valence-electron chi connectivity index (χ2n) is 3.21. The molecule has 1 heterocycles. The van der Waals surface area contributed by atoms with E-state index in [0.29, 0.717) is 18.6 Å². The lowest BCUT2D eigenvalue weighted by Crippen LogP contribution is -2.27. The van der Waals surface area contributed by atoms with Gasteiger partial charge in [0.2, 0.25) is 5.91 Å². The van der Waals surface area contributed by atoms with Gasteiger partial charge in [0, 0.05) is 13.2 Å². The van der Waals surface area contributed by atoms with E-state index < -0.39 is 0 Å². The van der Waals surface area contributed by atoms with Crippen LogP contribution in [0.25, 0.3) is 0 Å². The molecule has 2 aliphatic rings. The molecule has 12 heavy (non-hydrogen) atoms. The van der Waals surface area contributed by atoms with Gasteiger partial charge < -0.3 is 10.5 Å². The van der Waals surface area contributed by atoms with E-state index in [2.05, 4.69) is 6.08 Å². The number of carbonyl (C=O) groups is 1. The molecule has 1 amide bonds. The molecule has 0 saturated carbocycles. The average Bonchev–Trinajstić information content (AvgIpc) is 2.56. The van der Waals surface area contributed by atoms with E-state index in [1.54, 1.807) is 7.11 Å². The van der Waals surface area contributed by atoms with Gasteiger partial charge in [0.25, 0.3) is 0 Å². The average molecular weight is 168 g/mol. The number of primary amides is 1. The molecule has 1 fully saturated rings. The minimum Gasteiger partial charge on any atom is -0.376 e. The number of hydrogen-bond donors (Lipinski definition) is 1. The van der Waals surface area contributed by atoms with Gasteiger partial charge in [-0.2, -0.15) is 0 Å². The summed E-state index contributed by atoms with van der Waals surface area (Å²) in [5, 5.41) is 0. The Morgan fingerprint density at radius 3 is 3.00 bits per heavy atom. The molecule has 4 heteroatoms. The lowest BCUT2D eigenvalue weighted by atomic mass is 10.3. The van der Waals surface area contributed by atoms with E-state index in [-0.39, 0.29) is 12.0 Å². The van der Waals surface area contributed by atoms with Crippen LogP contribution in [0.1, 0.15) is 0 Å². The number of fused-ring (bicyclic) bond motifs is 1. The zero-order valence-electron chi connectivity index (χ0n) is 6.93. The summed E-state index contributed by atoms with van der Waals surface area (Å²) in [6.07, 6.45) is 4.25. The lowest BCUT2D eigenvalue weighted by molar-refractivity contribution is -0.118. The Bertz CT molecular complexity index is 239. The summed E-state index contributed by atoms with van der Waals surface area (Å²) < 4.78 is 5.20. The maximum absolute atomic E-state index is 10.6. The summed E-state index contributed by atoms with van der Waals surface area (Å²) in [7, 11) is 1.68. The first-order chi connectivity index (χ1) is 5.74. The smallest absolute Gasteiger partial charge is 0.231 e. The van der Waals surface area contributed by atoms with Crippen LogP contribution in [0.4, 0.5) is 0 Å². The molecule has 1 unspecified atom stereocenters. The van der Waals surface area contributed by atoms with Crippen LogP contribution in [0, 0.1) is 0 Å². The molecular weight excluding hydrogens is 156 g/mol. The summed E-state index contributed by atoms with van der Waals surface area (Å²) >= 11 is 0. The highest BCUT2D eigenvalue weighted by atomic mass is 16.5. The van der Waals surface area contributed by atoms with E-state index in [0.717, 1.165) is 0 Å². The summed E-state index contributed by atoms with van der Waals surface area (Å²) in [5.74, 6) is -0.271. The standard InChI is InChI=1S/C8H12N2O2/c1-12-6-3-2-5-8(6)10(5)4-7(9)11/h2-3,5-6,8H,4H2,1H3,(H2,9,11)/t5-,6-,8-,10?/m1/s1. The first-order valence-electron chi connectivity index (χ1n) is 3.99. The molecule has 0 aromatic rings. The fourth-order valence-electron chi connectivity index (χ4n) is 1.87. The van der Waals surface area contributed by atoms with Gasteiger partial charge in [-0.05, 0) is 0 Å². The van der Waals surface area contributed by atoms with Crippen molar-refractivity contribution in [3.8, 4) is 0 Å². The largest absolute Gasteiger partial charge is 0.376 e. The van der Waals surface area contributed by atoms with Gasteiger partial charge in [0.15, 0.2) is 0 Å². The second kappa shape index (κ2) is 2.57. The first-order valence-corrected chi connectivity index (χ1v) is 3.99. The molecule has 1 saturated heterocycles. The van der Waals surface area contributed by atoms with Crippen molar-refractivity contribution in [3.63, 3.8) is 0 Å². The van der Waals surface area contributed by atoms with Crippen molar-refractivity contribution in [3.05, 3.63) is 12.2 Å². The number of hydrogen-bond acceptors (Lipinski definition) is 3. The first kappa shape index (κ1) is 7.76. The topological polar surface area (TPSA) is 55.3 Å². The second-order valence-corrected chi connectivity index (χ2v) is 3.21. The SMILES string of the molecule is CO[C@@H]1C=C[C@@H]2[C@H]1N2CC(N)=O. The highest BCUT2D eigenvalue weighted by Gasteiger charge is 2.53. The molecular formula is C8H12N2O2. The zero-order chi connectivity index (χ0) is 8.72. The number of carbonyl (C=O) groups excluding carboxylic acids is 1. The van der Waals surface area contributed by atoms with Crippen molar-refractivity contribution in [2.75, 3.05) is 13.7 Å². The summed E-state index contributed by atoms with van der Waals surface area (Å²) in [6, 6.07) is 0.755. The van der Waals surface area contributed by atoms with Crippen LogP contribution in [-0.4, -0.2) is 42.6 Å². The molecule has 0 radical (unpaired) electrons. The molecule has 1 aliphatic carbocycles. The van der Waals surface area contributed by atoms with Crippen LogP contribution in [0.15, 0.2) is 12.2 Å². The third kappa shape index (κ3) is 1.04. The molecule has 0 spiro atoms. The van der Waals surface area contributed by atoms with Crippen LogP contribution < -0.4 is 5.73 Å². The maximum Gasteiger partial charge on any atom is 0.231 e. The van der Waals surface area contributed by atoms with Crippen LogP contribution in [0.5, 0.6) is 0 Å². The third-order valence-electron chi connectivity index (χ3n) is 2.47. The normalized spacial score (nSPS) is 42.8. The van der Waals surface area contributed by atoms with Gasteiger partial charge in [0.05, 0.1) is 18.7 Å². The molecule has 66 valence electrons. The maximum atomic E-state index is 10.6. The fraction of sp³-hybridized carbons (Fsp3) is 0.625. The Hall–Kier alpha value is -0.870. The summed E-state index contributed by atoms with van der Waals surface area (Å²) in [6.45, 7) is 0.347. The van der Waals surface area contributed by atoms with Gasteiger partial charge in [-0.15, -0.1) is 0 Å². The summed E-state index contributed by atoms with van der Waals surface area (Å²) in [4.78, 5) is 12.6.